The number of amides is 1. The Labute approximate surface area is 81.7 Å². The van der Waals surface area contributed by atoms with Crippen molar-refractivity contribution in [2.45, 2.75) is 25.8 Å². The molecule has 0 bridgehead atoms. The van der Waals surface area contributed by atoms with Crippen molar-refractivity contribution in [1.29, 1.82) is 0 Å². The van der Waals surface area contributed by atoms with Gasteiger partial charge in [-0.2, -0.15) is 15.4 Å². The fraction of sp³-hybridized carbons (Fsp3) is 0.625. The molecule has 0 aromatic carbocycles. The number of hydrogen-bond acceptors (Lipinski definition) is 4. The van der Waals surface area contributed by atoms with Crippen LogP contribution in [0.1, 0.15) is 30.3 Å². The monoisotopic (exact) mass is 198 g/mol. The quantitative estimate of drug-likeness (QED) is 0.605. The summed E-state index contributed by atoms with van der Waals surface area (Å²) in [5.74, 6) is -0.265. The molecule has 78 valence electrons. The maximum atomic E-state index is 11.4. The van der Waals surface area contributed by atoms with Crippen LogP contribution in [0.2, 0.25) is 0 Å². The van der Waals surface area contributed by atoms with Gasteiger partial charge in [-0.05, 0) is 12.8 Å². The van der Waals surface area contributed by atoms with Gasteiger partial charge in [-0.25, -0.2) is 0 Å². The van der Waals surface area contributed by atoms with E-state index in [4.69, 9.17) is 5.11 Å². The number of aliphatic hydroxyl groups excluding tert-OH is 1. The number of hydrogen-bond donors (Lipinski definition) is 3. The lowest BCUT2D eigenvalue weighted by molar-refractivity contribution is 0.0924. The van der Waals surface area contributed by atoms with Crippen LogP contribution in [0.3, 0.4) is 0 Å². The molecule has 0 fully saturated rings. The molecule has 6 heteroatoms. The van der Waals surface area contributed by atoms with Gasteiger partial charge in [0.05, 0.1) is 6.20 Å². The number of aromatic amines is 1. The van der Waals surface area contributed by atoms with Gasteiger partial charge in [-0.15, -0.1) is 0 Å². The van der Waals surface area contributed by atoms with E-state index < -0.39 is 0 Å². The molecule has 1 rings (SSSR count). The maximum absolute atomic E-state index is 11.4. The minimum absolute atomic E-state index is 0.0100. The zero-order valence-electron chi connectivity index (χ0n) is 8.03. The Hall–Kier alpha value is -1.43. The van der Waals surface area contributed by atoms with Crippen molar-refractivity contribution in [2.24, 2.45) is 0 Å². The number of nitrogens with zero attached hydrogens (tertiary/aromatic N) is 2. The predicted octanol–water partition coefficient (Wildman–Crippen LogP) is -0.305. The van der Waals surface area contributed by atoms with E-state index >= 15 is 0 Å². The van der Waals surface area contributed by atoms with Gasteiger partial charge < -0.3 is 10.4 Å². The van der Waals surface area contributed by atoms with E-state index in [1.165, 1.54) is 6.20 Å². The SMILES string of the molecule is CCC(CCO)NC(=O)c1cn[nH]n1. The van der Waals surface area contributed by atoms with Crippen molar-refractivity contribution in [3.05, 3.63) is 11.9 Å². The summed E-state index contributed by atoms with van der Waals surface area (Å²) < 4.78 is 0. The molecule has 3 N–H and O–H groups in total. The smallest absolute Gasteiger partial charge is 0.273 e. The molecule has 1 heterocycles. The van der Waals surface area contributed by atoms with Crippen LogP contribution >= 0.6 is 0 Å². The molecule has 1 amide bonds. The van der Waals surface area contributed by atoms with Crippen molar-refractivity contribution in [3.63, 3.8) is 0 Å². The third kappa shape index (κ3) is 2.81. The van der Waals surface area contributed by atoms with Crippen molar-refractivity contribution < 1.29 is 9.90 Å². The Morgan fingerprint density at radius 1 is 1.79 bits per heavy atom. The number of carbonyl (C=O) groups excluding carboxylic acids is 1. The van der Waals surface area contributed by atoms with Gasteiger partial charge in [0.1, 0.15) is 0 Å². The molecule has 0 aliphatic heterocycles. The molecule has 1 atom stereocenters. The van der Waals surface area contributed by atoms with Crippen LogP contribution in [0.15, 0.2) is 6.20 Å². The highest BCUT2D eigenvalue weighted by Gasteiger charge is 2.13. The molecule has 1 aromatic heterocycles. The third-order valence-electron chi connectivity index (χ3n) is 1.95. The Bertz CT molecular complexity index is 273. The summed E-state index contributed by atoms with van der Waals surface area (Å²) >= 11 is 0. The van der Waals surface area contributed by atoms with Gasteiger partial charge in [0, 0.05) is 12.6 Å². The molecule has 0 radical (unpaired) electrons. The first-order valence-electron chi connectivity index (χ1n) is 4.55. The highest BCUT2D eigenvalue weighted by atomic mass is 16.3. The van der Waals surface area contributed by atoms with Gasteiger partial charge in [0.25, 0.3) is 5.91 Å². The van der Waals surface area contributed by atoms with Gasteiger partial charge in [0.15, 0.2) is 5.69 Å². The van der Waals surface area contributed by atoms with Crippen LogP contribution in [0.5, 0.6) is 0 Å². The third-order valence-corrected chi connectivity index (χ3v) is 1.95. The van der Waals surface area contributed by atoms with E-state index in [0.29, 0.717) is 6.42 Å². The lowest BCUT2D eigenvalue weighted by Crippen LogP contribution is -2.35. The average molecular weight is 198 g/mol. The zero-order valence-corrected chi connectivity index (χ0v) is 8.03. The first kappa shape index (κ1) is 10.6. The second-order valence-corrected chi connectivity index (χ2v) is 2.95. The number of H-pyrrole nitrogens is 1. The Kier molecular flexibility index (Phi) is 4.06. The summed E-state index contributed by atoms with van der Waals surface area (Å²) in [6.07, 6.45) is 2.70. The van der Waals surface area contributed by atoms with Crippen molar-refractivity contribution in [3.8, 4) is 0 Å². The summed E-state index contributed by atoms with van der Waals surface area (Å²) in [5, 5.41) is 21.0. The fourth-order valence-electron chi connectivity index (χ4n) is 1.10. The molecular weight excluding hydrogens is 184 g/mol. The van der Waals surface area contributed by atoms with Gasteiger partial charge in [-0.3, -0.25) is 4.79 Å². The van der Waals surface area contributed by atoms with Crippen LogP contribution in [0.25, 0.3) is 0 Å². The topological polar surface area (TPSA) is 90.9 Å². The largest absolute Gasteiger partial charge is 0.396 e. The molecule has 0 saturated heterocycles. The van der Waals surface area contributed by atoms with E-state index in [-0.39, 0.29) is 24.2 Å². The standard InChI is InChI=1S/C8H14N4O2/c1-2-6(3-4-13)10-8(14)7-5-9-12-11-7/h5-6,13H,2-4H2,1H3,(H,10,14)(H,9,11,12). The van der Waals surface area contributed by atoms with Crippen molar-refractivity contribution >= 4 is 5.91 Å². The second kappa shape index (κ2) is 5.33. The molecule has 1 aromatic rings. The number of aliphatic hydroxyl groups is 1. The minimum Gasteiger partial charge on any atom is -0.396 e. The Morgan fingerprint density at radius 3 is 3.07 bits per heavy atom. The average Bonchev–Trinajstić information content (AvgIpc) is 2.69. The summed E-state index contributed by atoms with van der Waals surface area (Å²) in [6.45, 7) is 2.01. The Balaban J connectivity index is 2.47. The minimum atomic E-state index is -0.265. The van der Waals surface area contributed by atoms with E-state index in [9.17, 15) is 4.79 Å². The molecular formula is C8H14N4O2. The van der Waals surface area contributed by atoms with Crippen LogP contribution in [0, 0.1) is 0 Å². The van der Waals surface area contributed by atoms with Gasteiger partial charge >= 0.3 is 0 Å². The van der Waals surface area contributed by atoms with Gasteiger partial charge in [-0.1, -0.05) is 6.92 Å². The van der Waals surface area contributed by atoms with Crippen molar-refractivity contribution in [2.75, 3.05) is 6.61 Å². The van der Waals surface area contributed by atoms with E-state index in [2.05, 4.69) is 20.7 Å². The zero-order chi connectivity index (χ0) is 10.4. The summed E-state index contributed by atoms with van der Waals surface area (Å²) in [7, 11) is 0. The number of rotatable bonds is 5. The highest BCUT2D eigenvalue weighted by Crippen LogP contribution is 1.98. The number of nitrogens with one attached hydrogen (secondary N) is 2. The molecule has 0 aliphatic carbocycles. The van der Waals surface area contributed by atoms with E-state index in [0.717, 1.165) is 6.42 Å². The summed E-state index contributed by atoms with van der Waals surface area (Å²) in [6, 6.07) is -0.0100. The summed E-state index contributed by atoms with van der Waals surface area (Å²) in [4.78, 5) is 11.4. The van der Waals surface area contributed by atoms with E-state index in [1.54, 1.807) is 0 Å². The van der Waals surface area contributed by atoms with Crippen LogP contribution in [-0.4, -0.2) is 39.1 Å². The lowest BCUT2D eigenvalue weighted by Gasteiger charge is -2.14. The summed E-state index contributed by atoms with van der Waals surface area (Å²) in [5.41, 5.74) is 0.265. The maximum Gasteiger partial charge on any atom is 0.273 e. The number of carbonyl (C=O) groups is 1. The van der Waals surface area contributed by atoms with E-state index in [1.807, 2.05) is 6.92 Å². The molecule has 6 nitrogen and oxygen atoms in total. The lowest BCUT2D eigenvalue weighted by atomic mass is 10.1. The first-order chi connectivity index (χ1) is 6.77. The van der Waals surface area contributed by atoms with Crippen LogP contribution < -0.4 is 5.32 Å². The Morgan fingerprint density at radius 2 is 2.57 bits per heavy atom. The number of aromatic nitrogens is 3. The molecule has 0 aliphatic rings. The normalized spacial score (nSPS) is 12.4. The molecule has 0 saturated carbocycles. The van der Waals surface area contributed by atoms with Crippen LogP contribution in [-0.2, 0) is 0 Å². The van der Waals surface area contributed by atoms with Gasteiger partial charge in [0.2, 0.25) is 0 Å². The highest BCUT2D eigenvalue weighted by molar-refractivity contribution is 5.91. The second-order valence-electron chi connectivity index (χ2n) is 2.95. The molecule has 14 heavy (non-hydrogen) atoms. The molecule has 1 unspecified atom stereocenters. The van der Waals surface area contributed by atoms with Crippen LogP contribution in [0.4, 0.5) is 0 Å². The fourth-order valence-corrected chi connectivity index (χ4v) is 1.10. The molecule has 0 spiro atoms. The first-order valence-corrected chi connectivity index (χ1v) is 4.55. The predicted molar refractivity (Wildman–Crippen MR) is 49.6 cm³/mol. The van der Waals surface area contributed by atoms with Crippen molar-refractivity contribution in [1.82, 2.24) is 20.7 Å².